The molecule has 0 aliphatic heterocycles. The van der Waals surface area contributed by atoms with E-state index < -0.39 is 0 Å². The van der Waals surface area contributed by atoms with Crippen molar-refractivity contribution < 1.29 is 18.7 Å². The standard InChI is InChI=1S/C14H19N3O4/c1-9-16-14(21-17-9)8-15-7-10-5-12(19-3)13(20-4)6-11(10)18-2/h5-6,15H,7-8H2,1-4H3. The Morgan fingerprint density at radius 2 is 1.67 bits per heavy atom. The smallest absolute Gasteiger partial charge is 0.240 e. The molecule has 0 aliphatic rings. The van der Waals surface area contributed by atoms with Crippen LogP contribution in [0, 0.1) is 6.92 Å². The highest BCUT2D eigenvalue weighted by atomic mass is 16.5. The molecular formula is C14H19N3O4. The van der Waals surface area contributed by atoms with Gasteiger partial charge in [0.15, 0.2) is 17.3 Å². The molecule has 0 aliphatic carbocycles. The van der Waals surface area contributed by atoms with Crippen LogP contribution in [0.3, 0.4) is 0 Å². The Balaban J connectivity index is 2.07. The lowest BCUT2D eigenvalue weighted by molar-refractivity contribution is 0.345. The van der Waals surface area contributed by atoms with Gasteiger partial charge in [-0.15, -0.1) is 0 Å². The van der Waals surface area contributed by atoms with Crippen molar-refractivity contribution in [2.24, 2.45) is 0 Å². The lowest BCUT2D eigenvalue weighted by atomic mass is 10.1. The molecule has 0 bridgehead atoms. The van der Waals surface area contributed by atoms with Gasteiger partial charge in [0.2, 0.25) is 5.89 Å². The van der Waals surface area contributed by atoms with E-state index in [2.05, 4.69) is 15.5 Å². The molecule has 0 saturated heterocycles. The van der Waals surface area contributed by atoms with E-state index in [0.29, 0.717) is 36.3 Å². The van der Waals surface area contributed by atoms with Crippen LogP contribution < -0.4 is 19.5 Å². The molecule has 2 aromatic rings. The van der Waals surface area contributed by atoms with Gasteiger partial charge >= 0.3 is 0 Å². The fraction of sp³-hybridized carbons (Fsp3) is 0.429. The average molecular weight is 293 g/mol. The lowest BCUT2D eigenvalue weighted by Crippen LogP contribution is -2.14. The van der Waals surface area contributed by atoms with Crippen molar-refractivity contribution in [1.82, 2.24) is 15.5 Å². The predicted molar refractivity (Wildman–Crippen MR) is 75.7 cm³/mol. The first-order valence-electron chi connectivity index (χ1n) is 6.46. The van der Waals surface area contributed by atoms with Crippen LogP contribution in [-0.2, 0) is 13.1 Å². The molecule has 7 nitrogen and oxygen atoms in total. The molecule has 0 saturated carbocycles. The summed E-state index contributed by atoms with van der Waals surface area (Å²) in [7, 11) is 4.81. The van der Waals surface area contributed by atoms with Gasteiger partial charge in [-0.2, -0.15) is 4.98 Å². The quantitative estimate of drug-likeness (QED) is 0.832. The topological polar surface area (TPSA) is 78.6 Å². The minimum absolute atomic E-state index is 0.484. The van der Waals surface area contributed by atoms with Gasteiger partial charge in [0, 0.05) is 18.2 Å². The summed E-state index contributed by atoms with van der Waals surface area (Å²) in [5.74, 6) is 3.18. The Hall–Kier alpha value is -2.28. The Morgan fingerprint density at radius 1 is 1.00 bits per heavy atom. The zero-order valence-corrected chi connectivity index (χ0v) is 12.6. The van der Waals surface area contributed by atoms with Crippen LogP contribution in [0.1, 0.15) is 17.3 Å². The molecular weight excluding hydrogens is 274 g/mol. The zero-order valence-electron chi connectivity index (χ0n) is 12.6. The third-order valence-electron chi connectivity index (χ3n) is 2.95. The van der Waals surface area contributed by atoms with E-state index >= 15 is 0 Å². The maximum absolute atomic E-state index is 5.37. The number of ether oxygens (including phenoxy) is 3. The summed E-state index contributed by atoms with van der Waals surface area (Å²) in [6.07, 6.45) is 0. The van der Waals surface area contributed by atoms with Gasteiger partial charge in [0.25, 0.3) is 0 Å². The minimum Gasteiger partial charge on any atom is -0.496 e. The van der Waals surface area contributed by atoms with Crippen molar-refractivity contribution in [1.29, 1.82) is 0 Å². The van der Waals surface area contributed by atoms with E-state index in [1.807, 2.05) is 6.07 Å². The van der Waals surface area contributed by atoms with Gasteiger partial charge < -0.3 is 24.1 Å². The summed E-state index contributed by atoms with van der Waals surface area (Å²) >= 11 is 0. The van der Waals surface area contributed by atoms with E-state index in [0.717, 1.165) is 11.3 Å². The summed E-state index contributed by atoms with van der Waals surface area (Å²) in [6, 6.07) is 3.68. The highest BCUT2D eigenvalue weighted by Crippen LogP contribution is 2.34. The van der Waals surface area contributed by atoms with E-state index in [-0.39, 0.29) is 0 Å². The fourth-order valence-electron chi connectivity index (χ4n) is 1.95. The maximum Gasteiger partial charge on any atom is 0.240 e. The number of nitrogens with one attached hydrogen (secondary N) is 1. The molecule has 1 heterocycles. The zero-order chi connectivity index (χ0) is 15.2. The molecule has 0 atom stereocenters. The van der Waals surface area contributed by atoms with Crippen LogP contribution >= 0.6 is 0 Å². The molecule has 0 unspecified atom stereocenters. The fourth-order valence-corrected chi connectivity index (χ4v) is 1.95. The monoisotopic (exact) mass is 293 g/mol. The van der Waals surface area contributed by atoms with Gasteiger partial charge in [-0.25, -0.2) is 0 Å². The van der Waals surface area contributed by atoms with Crippen molar-refractivity contribution in [2.45, 2.75) is 20.0 Å². The van der Waals surface area contributed by atoms with Crippen molar-refractivity contribution in [3.63, 3.8) is 0 Å². The molecule has 1 N–H and O–H groups in total. The van der Waals surface area contributed by atoms with Gasteiger partial charge in [-0.1, -0.05) is 5.16 Å². The summed E-state index contributed by atoms with van der Waals surface area (Å²) in [5.41, 5.74) is 0.950. The van der Waals surface area contributed by atoms with Crippen molar-refractivity contribution >= 4 is 0 Å². The lowest BCUT2D eigenvalue weighted by Gasteiger charge is -2.14. The second-order valence-corrected chi connectivity index (χ2v) is 4.36. The first-order valence-corrected chi connectivity index (χ1v) is 6.46. The van der Waals surface area contributed by atoms with Crippen LogP contribution in [-0.4, -0.2) is 31.5 Å². The normalized spacial score (nSPS) is 10.5. The van der Waals surface area contributed by atoms with Crippen LogP contribution in [0.25, 0.3) is 0 Å². The van der Waals surface area contributed by atoms with Crippen molar-refractivity contribution in [2.75, 3.05) is 21.3 Å². The van der Waals surface area contributed by atoms with Gasteiger partial charge in [-0.05, 0) is 13.0 Å². The Labute approximate surface area is 123 Å². The SMILES string of the molecule is COc1cc(OC)c(OC)cc1CNCc1nc(C)no1. The van der Waals surface area contributed by atoms with E-state index in [1.165, 1.54) is 0 Å². The Kier molecular flexibility index (Phi) is 4.99. The maximum atomic E-state index is 5.37. The van der Waals surface area contributed by atoms with Crippen LogP contribution in [0.4, 0.5) is 0 Å². The highest BCUT2D eigenvalue weighted by molar-refractivity contribution is 5.50. The van der Waals surface area contributed by atoms with Crippen LogP contribution in [0.15, 0.2) is 16.7 Å². The number of hydrogen-bond donors (Lipinski definition) is 1. The van der Waals surface area contributed by atoms with Crippen molar-refractivity contribution in [3.8, 4) is 17.2 Å². The van der Waals surface area contributed by atoms with E-state index in [1.54, 1.807) is 34.3 Å². The molecule has 7 heteroatoms. The molecule has 0 amide bonds. The summed E-state index contributed by atoms with van der Waals surface area (Å²) in [4.78, 5) is 4.13. The summed E-state index contributed by atoms with van der Waals surface area (Å²) in [5, 5.41) is 6.96. The summed E-state index contributed by atoms with van der Waals surface area (Å²) < 4.78 is 21.0. The number of nitrogens with zero attached hydrogens (tertiary/aromatic N) is 2. The number of benzene rings is 1. The second-order valence-electron chi connectivity index (χ2n) is 4.36. The molecule has 1 aromatic heterocycles. The molecule has 2 rings (SSSR count). The minimum atomic E-state index is 0.484. The number of methoxy groups -OCH3 is 3. The average Bonchev–Trinajstić information content (AvgIpc) is 2.92. The molecule has 0 radical (unpaired) electrons. The second kappa shape index (κ2) is 6.94. The number of hydrogen-bond acceptors (Lipinski definition) is 7. The first kappa shape index (κ1) is 15.1. The number of aryl methyl sites for hydroxylation is 1. The van der Waals surface area contributed by atoms with Crippen LogP contribution in [0.2, 0.25) is 0 Å². The summed E-state index contributed by atoms with van der Waals surface area (Å²) in [6.45, 7) is 2.84. The molecule has 21 heavy (non-hydrogen) atoms. The third kappa shape index (κ3) is 3.63. The molecule has 1 aromatic carbocycles. The number of aromatic nitrogens is 2. The predicted octanol–water partition coefficient (Wildman–Crippen LogP) is 1.69. The molecule has 0 fully saturated rings. The molecule has 0 spiro atoms. The van der Waals surface area contributed by atoms with E-state index in [4.69, 9.17) is 18.7 Å². The largest absolute Gasteiger partial charge is 0.496 e. The molecule has 114 valence electrons. The Bertz CT molecular complexity index is 598. The van der Waals surface area contributed by atoms with Gasteiger partial charge in [-0.3, -0.25) is 0 Å². The van der Waals surface area contributed by atoms with Gasteiger partial charge in [0.1, 0.15) is 5.75 Å². The highest BCUT2D eigenvalue weighted by Gasteiger charge is 2.12. The van der Waals surface area contributed by atoms with Crippen molar-refractivity contribution in [3.05, 3.63) is 29.4 Å². The first-order chi connectivity index (χ1) is 10.2. The van der Waals surface area contributed by atoms with Gasteiger partial charge in [0.05, 0.1) is 27.9 Å². The Morgan fingerprint density at radius 3 is 2.24 bits per heavy atom. The van der Waals surface area contributed by atoms with Crippen LogP contribution in [0.5, 0.6) is 17.2 Å². The third-order valence-corrected chi connectivity index (χ3v) is 2.95. The number of rotatable bonds is 7. The van der Waals surface area contributed by atoms with E-state index in [9.17, 15) is 0 Å².